The molecule has 1 aliphatic heterocycles. The van der Waals surface area contributed by atoms with Gasteiger partial charge in [-0.2, -0.15) is 0 Å². The number of hydrogen-bond acceptors (Lipinski definition) is 4. The molecule has 0 radical (unpaired) electrons. The fourth-order valence-electron chi connectivity index (χ4n) is 2.52. The summed E-state index contributed by atoms with van der Waals surface area (Å²) < 4.78 is 10.6. The highest BCUT2D eigenvalue weighted by molar-refractivity contribution is 5.74. The van der Waals surface area contributed by atoms with Crippen LogP contribution in [0.15, 0.2) is 0 Å². The van der Waals surface area contributed by atoms with Crippen molar-refractivity contribution in [2.75, 3.05) is 27.3 Å². The summed E-state index contributed by atoms with van der Waals surface area (Å²) in [4.78, 5) is 13.2. The van der Waals surface area contributed by atoms with Gasteiger partial charge < -0.3 is 14.6 Å². The topological polar surface area (TPSA) is 59.0 Å². The molecule has 1 saturated heterocycles. The molecular formula is C11H19NO4. The third kappa shape index (κ3) is 2.21. The van der Waals surface area contributed by atoms with E-state index in [9.17, 15) is 9.90 Å². The Hall–Kier alpha value is -0.650. The first-order chi connectivity index (χ1) is 7.67. The van der Waals surface area contributed by atoms with Crippen LogP contribution in [0, 0.1) is 5.92 Å². The Bertz CT molecular complexity index is 255. The number of methoxy groups -OCH3 is 2. The Balaban J connectivity index is 2.01. The average Bonchev–Trinajstić information content (AvgIpc) is 2.97. The van der Waals surface area contributed by atoms with E-state index in [1.165, 1.54) is 0 Å². The van der Waals surface area contributed by atoms with Gasteiger partial charge in [-0.05, 0) is 18.8 Å². The molecule has 0 aromatic rings. The molecule has 1 heterocycles. The van der Waals surface area contributed by atoms with Crippen LogP contribution in [-0.4, -0.2) is 61.5 Å². The molecule has 1 N–H and O–H groups in total. The fourth-order valence-corrected chi connectivity index (χ4v) is 2.52. The van der Waals surface area contributed by atoms with E-state index in [4.69, 9.17) is 9.47 Å². The van der Waals surface area contributed by atoms with Gasteiger partial charge in [-0.1, -0.05) is 0 Å². The number of carbonyl (C=O) groups is 1. The average molecular weight is 229 g/mol. The third-order valence-corrected chi connectivity index (χ3v) is 3.56. The van der Waals surface area contributed by atoms with Gasteiger partial charge in [-0.25, -0.2) is 0 Å². The number of carboxylic acid groups (broad SMARTS) is 1. The van der Waals surface area contributed by atoms with Crippen LogP contribution in [0.5, 0.6) is 0 Å². The lowest BCUT2D eigenvalue weighted by atomic mass is 10.1. The second-order valence-corrected chi connectivity index (χ2v) is 4.62. The summed E-state index contributed by atoms with van der Waals surface area (Å²) >= 11 is 0. The van der Waals surface area contributed by atoms with Crippen molar-refractivity contribution in [3.05, 3.63) is 0 Å². The Labute approximate surface area is 95.3 Å². The molecule has 1 saturated carbocycles. The van der Waals surface area contributed by atoms with Crippen LogP contribution < -0.4 is 0 Å². The highest BCUT2D eigenvalue weighted by Gasteiger charge is 2.45. The van der Waals surface area contributed by atoms with Gasteiger partial charge in [-0.15, -0.1) is 0 Å². The number of hydrogen-bond donors (Lipinski definition) is 1. The normalized spacial score (nSPS) is 32.9. The number of aliphatic carboxylic acids is 1. The molecule has 2 rings (SSSR count). The van der Waals surface area contributed by atoms with Crippen LogP contribution in [0.1, 0.15) is 12.8 Å². The van der Waals surface area contributed by atoms with E-state index in [0.29, 0.717) is 19.0 Å². The zero-order valence-corrected chi connectivity index (χ0v) is 9.76. The second-order valence-electron chi connectivity index (χ2n) is 4.62. The smallest absolute Gasteiger partial charge is 0.321 e. The summed E-state index contributed by atoms with van der Waals surface area (Å²) in [5.41, 5.74) is 0. The van der Waals surface area contributed by atoms with Gasteiger partial charge >= 0.3 is 5.97 Å². The molecule has 3 unspecified atom stereocenters. The Morgan fingerprint density at radius 1 is 1.25 bits per heavy atom. The first-order valence-electron chi connectivity index (χ1n) is 5.69. The summed E-state index contributed by atoms with van der Waals surface area (Å²) in [6, 6.07) is -0.349. The van der Waals surface area contributed by atoms with Crippen molar-refractivity contribution in [1.82, 2.24) is 4.90 Å². The zero-order valence-electron chi connectivity index (χ0n) is 9.76. The van der Waals surface area contributed by atoms with Crippen molar-refractivity contribution >= 4 is 5.97 Å². The molecule has 0 spiro atoms. The molecular weight excluding hydrogens is 210 g/mol. The van der Waals surface area contributed by atoms with E-state index in [1.807, 2.05) is 4.90 Å². The summed E-state index contributed by atoms with van der Waals surface area (Å²) in [7, 11) is 3.29. The molecule has 2 aliphatic rings. The van der Waals surface area contributed by atoms with E-state index in [1.54, 1.807) is 14.2 Å². The highest BCUT2D eigenvalue weighted by atomic mass is 16.5. The van der Waals surface area contributed by atoms with E-state index in [2.05, 4.69) is 0 Å². The standard InChI is InChI=1S/C11H19NO4/c1-15-8-5-12(6-9(8)16-2)10(11(13)14)7-3-4-7/h7-10H,3-6H2,1-2H3,(H,13,14). The lowest BCUT2D eigenvalue weighted by molar-refractivity contribution is -0.144. The monoisotopic (exact) mass is 229 g/mol. The SMILES string of the molecule is COC1CN(C(C(=O)O)C2CC2)CC1OC. The van der Waals surface area contributed by atoms with Crippen LogP contribution in [-0.2, 0) is 14.3 Å². The van der Waals surface area contributed by atoms with E-state index in [0.717, 1.165) is 12.8 Å². The first kappa shape index (κ1) is 11.8. The van der Waals surface area contributed by atoms with Gasteiger partial charge in [-0.3, -0.25) is 9.69 Å². The van der Waals surface area contributed by atoms with E-state index < -0.39 is 5.97 Å². The summed E-state index contributed by atoms with van der Waals surface area (Å²) in [6.07, 6.45) is 2.04. The molecule has 1 aliphatic carbocycles. The van der Waals surface area contributed by atoms with Crippen molar-refractivity contribution in [3.8, 4) is 0 Å². The lowest BCUT2D eigenvalue weighted by Gasteiger charge is -2.23. The van der Waals surface area contributed by atoms with E-state index >= 15 is 0 Å². The van der Waals surface area contributed by atoms with Crippen molar-refractivity contribution in [1.29, 1.82) is 0 Å². The maximum absolute atomic E-state index is 11.2. The van der Waals surface area contributed by atoms with Gasteiger partial charge in [0.2, 0.25) is 0 Å². The Morgan fingerprint density at radius 2 is 1.75 bits per heavy atom. The van der Waals surface area contributed by atoms with Crippen LogP contribution in [0.4, 0.5) is 0 Å². The fraction of sp³-hybridized carbons (Fsp3) is 0.909. The number of ether oxygens (including phenoxy) is 2. The molecule has 5 nitrogen and oxygen atoms in total. The molecule has 0 amide bonds. The molecule has 2 fully saturated rings. The first-order valence-corrected chi connectivity index (χ1v) is 5.69. The quantitative estimate of drug-likeness (QED) is 0.729. The molecule has 16 heavy (non-hydrogen) atoms. The minimum Gasteiger partial charge on any atom is -0.480 e. The van der Waals surface area contributed by atoms with Gasteiger partial charge in [0.1, 0.15) is 6.04 Å². The maximum Gasteiger partial charge on any atom is 0.321 e. The minimum atomic E-state index is -0.714. The molecule has 3 atom stereocenters. The predicted octanol–water partition coefficient (Wildman–Crippen LogP) is 0.195. The zero-order chi connectivity index (χ0) is 11.7. The minimum absolute atomic E-state index is 0.00870. The molecule has 92 valence electrons. The molecule has 5 heteroatoms. The van der Waals surface area contributed by atoms with Crippen LogP contribution in [0.2, 0.25) is 0 Å². The number of rotatable bonds is 5. The maximum atomic E-state index is 11.2. The van der Waals surface area contributed by atoms with Crippen LogP contribution in [0.3, 0.4) is 0 Å². The van der Waals surface area contributed by atoms with E-state index in [-0.39, 0.29) is 18.2 Å². The van der Waals surface area contributed by atoms with Crippen molar-refractivity contribution < 1.29 is 19.4 Å². The number of likely N-dealkylation sites (tertiary alicyclic amines) is 1. The Kier molecular flexibility index (Phi) is 3.47. The van der Waals surface area contributed by atoms with Crippen molar-refractivity contribution in [2.24, 2.45) is 5.92 Å². The summed E-state index contributed by atoms with van der Waals surface area (Å²) in [5.74, 6) is -0.389. The number of carboxylic acids is 1. The Morgan fingerprint density at radius 3 is 2.06 bits per heavy atom. The largest absolute Gasteiger partial charge is 0.480 e. The van der Waals surface area contributed by atoms with Gasteiger partial charge in [0.25, 0.3) is 0 Å². The summed E-state index contributed by atoms with van der Waals surface area (Å²) in [6.45, 7) is 1.31. The van der Waals surface area contributed by atoms with Crippen LogP contribution in [0.25, 0.3) is 0 Å². The second kappa shape index (κ2) is 4.69. The van der Waals surface area contributed by atoms with Gasteiger partial charge in [0.05, 0.1) is 12.2 Å². The number of nitrogens with zero attached hydrogens (tertiary/aromatic N) is 1. The van der Waals surface area contributed by atoms with Crippen molar-refractivity contribution in [2.45, 2.75) is 31.1 Å². The van der Waals surface area contributed by atoms with Gasteiger partial charge in [0, 0.05) is 27.3 Å². The summed E-state index contributed by atoms with van der Waals surface area (Å²) in [5, 5.41) is 9.24. The van der Waals surface area contributed by atoms with Crippen molar-refractivity contribution in [3.63, 3.8) is 0 Å². The van der Waals surface area contributed by atoms with Crippen LogP contribution >= 0.6 is 0 Å². The molecule has 0 aromatic heterocycles. The third-order valence-electron chi connectivity index (χ3n) is 3.56. The highest BCUT2D eigenvalue weighted by Crippen LogP contribution is 2.37. The lowest BCUT2D eigenvalue weighted by Crippen LogP contribution is -2.42. The molecule has 0 bridgehead atoms. The predicted molar refractivity (Wildman–Crippen MR) is 57.3 cm³/mol. The van der Waals surface area contributed by atoms with Gasteiger partial charge in [0.15, 0.2) is 0 Å². The molecule has 0 aromatic carbocycles.